The van der Waals surface area contributed by atoms with Crippen molar-refractivity contribution in [3.63, 3.8) is 0 Å². The second kappa shape index (κ2) is 10.9. The molecule has 1 atom stereocenters. The second-order valence-electron chi connectivity index (χ2n) is 8.06. The van der Waals surface area contributed by atoms with Crippen LogP contribution in [0.4, 0.5) is 4.39 Å². The Morgan fingerprint density at radius 3 is 2.38 bits per heavy atom. The number of carbonyl (C=O) groups excluding carboxylic acids is 1. The molecular formula is C26H31FO2. The summed E-state index contributed by atoms with van der Waals surface area (Å²) in [5.41, 5.74) is 3.03. The minimum absolute atomic E-state index is 0.359. The third kappa shape index (κ3) is 6.28. The first-order valence-electron chi connectivity index (χ1n) is 10.8. The van der Waals surface area contributed by atoms with Gasteiger partial charge in [-0.15, -0.1) is 0 Å². The van der Waals surface area contributed by atoms with E-state index in [2.05, 4.69) is 31.2 Å². The number of rotatable bonds is 8. The summed E-state index contributed by atoms with van der Waals surface area (Å²) in [6, 6.07) is 17.6. The highest BCUT2D eigenvalue weighted by Gasteiger charge is 2.21. The lowest BCUT2D eigenvalue weighted by molar-refractivity contribution is 0.0308. The molecule has 3 rings (SSSR count). The van der Waals surface area contributed by atoms with Crippen molar-refractivity contribution in [2.24, 2.45) is 5.92 Å². The molecule has 1 saturated carbocycles. The standard InChI is InChI=1S/C26H31FO2/c1-2-20-10-14-22(15-11-20)23-16-12-21(13-17-23)19-25(9-6-18-27)29-26(28)24-7-4-3-5-8-24/h3-8,12-13,16-18,20,22,25H,2,9-11,14-15,19H2,1H3/b18-6+. The van der Waals surface area contributed by atoms with E-state index in [1.165, 1.54) is 43.7 Å². The zero-order valence-corrected chi connectivity index (χ0v) is 17.2. The number of benzene rings is 2. The normalized spacial score (nSPS) is 20.5. The molecule has 2 aromatic rings. The maximum atomic E-state index is 12.5. The van der Waals surface area contributed by atoms with Gasteiger partial charge in [-0.25, -0.2) is 9.18 Å². The monoisotopic (exact) mass is 394 g/mol. The first-order valence-corrected chi connectivity index (χ1v) is 10.8. The van der Waals surface area contributed by atoms with Crippen LogP contribution in [0.2, 0.25) is 0 Å². The number of esters is 1. The number of ether oxygens (including phenoxy) is 1. The van der Waals surface area contributed by atoms with Crippen LogP contribution in [0.5, 0.6) is 0 Å². The van der Waals surface area contributed by atoms with Gasteiger partial charge < -0.3 is 4.74 Å². The van der Waals surface area contributed by atoms with Gasteiger partial charge in [0.25, 0.3) is 0 Å². The highest BCUT2D eigenvalue weighted by molar-refractivity contribution is 5.89. The van der Waals surface area contributed by atoms with Crippen molar-refractivity contribution >= 4 is 5.97 Å². The van der Waals surface area contributed by atoms with Crippen LogP contribution in [-0.4, -0.2) is 12.1 Å². The fourth-order valence-corrected chi connectivity index (χ4v) is 4.26. The lowest BCUT2D eigenvalue weighted by atomic mass is 9.78. The van der Waals surface area contributed by atoms with Crippen LogP contribution in [0.15, 0.2) is 67.0 Å². The van der Waals surface area contributed by atoms with E-state index in [1.807, 2.05) is 6.07 Å². The maximum Gasteiger partial charge on any atom is 0.338 e. The number of halogens is 1. The smallest absolute Gasteiger partial charge is 0.338 e. The van der Waals surface area contributed by atoms with Gasteiger partial charge in [0.2, 0.25) is 0 Å². The molecule has 0 heterocycles. The van der Waals surface area contributed by atoms with Crippen LogP contribution in [0, 0.1) is 5.92 Å². The third-order valence-electron chi connectivity index (χ3n) is 6.11. The number of carbonyl (C=O) groups is 1. The molecule has 0 radical (unpaired) electrons. The Bertz CT molecular complexity index is 774. The number of hydrogen-bond donors (Lipinski definition) is 0. The average Bonchev–Trinajstić information content (AvgIpc) is 2.78. The Hall–Kier alpha value is -2.42. The second-order valence-corrected chi connectivity index (χ2v) is 8.06. The van der Waals surface area contributed by atoms with Gasteiger partial charge in [0.15, 0.2) is 0 Å². The molecule has 154 valence electrons. The molecule has 1 aliphatic carbocycles. The van der Waals surface area contributed by atoms with E-state index in [1.54, 1.807) is 24.3 Å². The highest BCUT2D eigenvalue weighted by atomic mass is 19.1. The van der Waals surface area contributed by atoms with E-state index in [9.17, 15) is 9.18 Å². The maximum absolute atomic E-state index is 12.5. The average molecular weight is 395 g/mol. The lowest BCUT2D eigenvalue weighted by Gasteiger charge is -2.28. The SMILES string of the molecule is CCC1CCC(c2ccc(CC(C/C=C/F)OC(=O)c3ccccc3)cc2)CC1. The van der Waals surface area contributed by atoms with Gasteiger partial charge in [0, 0.05) is 12.8 Å². The minimum Gasteiger partial charge on any atom is -0.458 e. The molecule has 0 amide bonds. The van der Waals surface area contributed by atoms with Crippen molar-refractivity contribution in [1.29, 1.82) is 0 Å². The summed E-state index contributed by atoms with van der Waals surface area (Å²) >= 11 is 0. The molecule has 0 saturated heterocycles. The van der Waals surface area contributed by atoms with Crippen molar-refractivity contribution in [2.75, 3.05) is 0 Å². The Morgan fingerprint density at radius 1 is 1.07 bits per heavy atom. The molecule has 2 aromatic carbocycles. The van der Waals surface area contributed by atoms with Crippen molar-refractivity contribution in [3.8, 4) is 0 Å². The molecule has 1 unspecified atom stereocenters. The Kier molecular flexibility index (Phi) is 8.03. The molecule has 0 aromatic heterocycles. The molecule has 3 heteroatoms. The Labute approximate surface area is 173 Å². The fourth-order valence-electron chi connectivity index (χ4n) is 4.26. The molecule has 29 heavy (non-hydrogen) atoms. The summed E-state index contributed by atoms with van der Waals surface area (Å²) < 4.78 is 18.2. The summed E-state index contributed by atoms with van der Waals surface area (Å²) in [7, 11) is 0. The van der Waals surface area contributed by atoms with Crippen molar-refractivity contribution < 1.29 is 13.9 Å². The van der Waals surface area contributed by atoms with E-state index in [0.29, 0.717) is 30.7 Å². The summed E-state index contributed by atoms with van der Waals surface area (Å²) in [5.74, 6) is 1.19. The summed E-state index contributed by atoms with van der Waals surface area (Å²) in [4.78, 5) is 12.4. The zero-order valence-electron chi connectivity index (χ0n) is 17.2. The Morgan fingerprint density at radius 2 is 1.76 bits per heavy atom. The molecule has 2 nitrogen and oxygen atoms in total. The first kappa shape index (κ1) is 21.3. The van der Waals surface area contributed by atoms with Gasteiger partial charge >= 0.3 is 5.97 Å². The van der Waals surface area contributed by atoms with Crippen LogP contribution >= 0.6 is 0 Å². The fraction of sp³-hybridized carbons (Fsp3) is 0.423. The molecule has 0 bridgehead atoms. The highest BCUT2D eigenvalue weighted by Crippen LogP contribution is 2.37. The minimum atomic E-state index is -0.388. The van der Waals surface area contributed by atoms with Crippen LogP contribution in [0.3, 0.4) is 0 Å². The molecule has 1 fully saturated rings. The van der Waals surface area contributed by atoms with E-state index in [4.69, 9.17) is 4.74 Å². The quantitative estimate of drug-likeness (QED) is 0.450. The van der Waals surface area contributed by atoms with Crippen molar-refractivity contribution in [3.05, 3.63) is 83.7 Å². The van der Waals surface area contributed by atoms with E-state index in [0.717, 1.165) is 11.5 Å². The molecule has 0 spiro atoms. The molecule has 1 aliphatic rings. The van der Waals surface area contributed by atoms with Gasteiger partial charge in [-0.2, -0.15) is 0 Å². The summed E-state index contributed by atoms with van der Waals surface area (Å²) in [6.45, 7) is 2.29. The number of hydrogen-bond acceptors (Lipinski definition) is 2. The molecule has 0 aliphatic heterocycles. The van der Waals surface area contributed by atoms with Crippen LogP contribution in [0.25, 0.3) is 0 Å². The third-order valence-corrected chi connectivity index (χ3v) is 6.11. The largest absolute Gasteiger partial charge is 0.458 e. The van der Waals surface area contributed by atoms with Crippen molar-refractivity contribution in [1.82, 2.24) is 0 Å². The van der Waals surface area contributed by atoms with Crippen LogP contribution in [-0.2, 0) is 11.2 Å². The van der Waals surface area contributed by atoms with Gasteiger partial charge in [-0.3, -0.25) is 0 Å². The lowest BCUT2D eigenvalue weighted by Crippen LogP contribution is -2.20. The summed E-state index contributed by atoms with van der Waals surface area (Å²) in [5, 5.41) is 0. The zero-order chi connectivity index (χ0) is 20.5. The van der Waals surface area contributed by atoms with Crippen LogP contribution in [0.1, 0.15) is 72.9 Å². The predicted octanol–water partition coefficient (Wildman–Crippen LogP) is 7.01. The van der Waals surface area contributed by atoms with Crippen LogP contribution < -0.4 is 0 Å². The molecule has 0 N–H and O–H groups in total. The van der Waals surface area contributed by atoms with E-state index in [-0.39, 0.29) is 12.1 Å². The van der Waals surface area contributed by atoms with Gasteiger partial charge in [0.05, 0.1) is 11.9 Å². The summed E-state index contributed by atoms with van der Waals surface area (Å²) in [6.07, 6.45) is 8.97. The van der Waals surface area contributed by atoms with Gasteiger partial charge in [0.1, 0.15) is 6.10 Å². The predicted molar refractivity (Wildman–Crippen MR) is 116 cm³/mol. The Balaban J connectivity index is 1.61. The van der Waals surface area contributed by atoms with Crippen molar-refractivity contribution in [2.45, 2.75) is 63.9 Å². The first-order chi connectivity index (χ1) is 14.2. The molecular weight excluding hydrogens is 363 g/mol. The topological polar surface area (TPSA) is 26.3 Å². The van der Waals surface area contributed by atoms with Gasteiger partial charge in [-0.05, 0) is 60.8 Å². The van der Waals surface area contributed by atoms with Gasteiger partial charge in [-0.1, -0.05) is 61.9 Å². The van der Waals surface area contributed by atoms with E-state index >= 15 is 0 Å². The van der Waals surface area contributed by atoms with E-state index < -0.39 is 0 Å².